The predicted molar refractivity (Wildman–Crippen MR) is 87.1 cm³/mol. The van der Waals surface area contributed by atoms with Crippen LogP contribution in [0.3, 0.4) is 0 Å². The van der Waals surface area contributed by atoms with E-state index in [4.69, 9.17) is 4.74 Å². The van der Waals surface area contributed by atoms with Gasteiger partial charge in [-0.05, 0) is 38.4 Å². The number of hydrogen-bond donors (Lipinski definition) is 0. The first-order valence-corrected chi connectivity index (χ1v) is 8.38. The molecule has 0 radical (unpaired) electrons. The number of likely N-dealkylation sites (tertiary alicyclic amines) is 1. The SMILES string of the molecule is CCN(C1CCOCC1)C1CN(C(=O)c2cccc(C)c2)C1. The van der Waals surface area contributed by atoms with Crippen molar-refractivity contribution in [1.29, 1.82) is 0 Å². The van der Waals surface area contributed by atoms with Crippen LogP contribution in [0.2, 0.25) is 0 Å². The van der Waals surface area contributed by atoms with Gasteiger partial charge in [-0.15, -0.1) is 0 Å². The summed E-state index contributed by atoms with van der Waals surface area (Å²) in [5, 5.41) is 0. The second kappa shape index (κ2) is 6.80. The van der Waals surface area contributed by atoms with Crippen LogP contribution in [0.4, 0.5) is 0 Å². The zero-order valence-corrected chi connectivity index (χ0v) is 13.6. The van der Waals surface area contributed by atoms with E-state index in [1.54, 1.807) is 0 Å². The Balaban J connectivity index is 1.57. The highest BCUT2D eigenvalue weighted by molar-refractivity contribution is 5.95. The first-order valence-electron chi connectivity index (χ1n) is 8.38. The summed E-state index contributed by atoms with van der Waals surface area (Å²) in [5.41, 5.74) is 1.95. The van der Waals surface area contributed by atoms with Gasteiger partial charge in [0.05, 0.1) is 0 Å². The molecule has 2 aliphatic heterocycles. The van der Waals surface area contributed by atoms with Gasteiger partial charge < -0.3 is 9.64 Å². The number of hydrogen-bond acceptors (Lipinski definition) is 3. The van der Waals surface area contributed by atoms with Gasteiger partial charge >= 0.3 is 0 Å². The van der Waals surface area contributed by atoms with Crippen LogP contribution in [0.25, 0.3) is 0 Å². The molecule has 0 atom stereocenters. The highest BCUT2D eigenvalue weighted by atomic mass is 16.5. The van der Waals surface area contributed by atoms with Gasteiger partial charge in [0, 0.05) is 44.0 Å². The van der Waals surface area contributed by atoms with Gasteiger partial charge in [-0.1, -0.05) is 24.6 Å². The summed E-state index contributed by atoms with van der Waals surface area (Å²) < 4.78 is 5.46. The Morgan fingerprint density at radius 1 is 1.27 bits per heavy atom. The van der Waals surface area contributed by atoms with E-state index >= 15 is 0 Å². The first kappa shape index (κ1) is 15.5. The standard InChI is InChI=1S/C18H26N2O2/c1-3-20(16-7-9-22-10-8-16)17-12-19(13-17)18(21)15-6-4-5-14(2)11-15/h4-6,11,16-17H,3,7-10,12-13H2,1-2H3. The molecule has 4 heteroatoms. The molecular formula is C18H26N2O2. The predicted octanol–water partition coefficient (Wildman–Crippen LogP) is 2.32. The number of amides is 1. The third-order valence-corrected chi connectivity index (χ3v) is 4.91. The van der Waals surface area contributed by atoms with Crippen molar-refractivity contribution < 1.29 is 9.53 Å². The summed E-state index contributed by atoms with van der Waals surface area (Å²) in [7, 11) is 0. The molecule has 0 unspecified atom stereocenters. The van der Waals surface area contributed by atoms with E-state index in [1.807, 2.05) is 36.1 Å². The van der Waals surface area contributed by atoms with E-state index in [-0.39, 0.29) is 5.91 Å². The molecule has 1 aromatic rings. The Morgan fingerprint density at radius 2 is 2.00 bits per heavy atom. The monoisotopic (exact) mass is 302 g/mol. The number of benzene rings is 1. The highest BCUT2D eigenvalue weighted by Gasteiger charge is 2.37. The summed E-state index contributed by atoms with van der Waals surface area (Å²) >= 11 is 0. The van der Waals surface area contributed by atoms with Gasteiger partial charge in [-0.3, -0.25) is 9.69 Å². The van der Waals surface area contributed by atoms with Crippen LogP contribution in [0, 0.1) is 6.92 Å². The van der Waals surface area contributed by atoms with Crippen molar-refractivity contribution >= 4 is 5.91 Å². The fraction of sp³-hybridized carbons (Fsp3) is 0.611. The van der Waals surface area contributed by atoms with Crippen molar-refractivity contribution in [3.8, 4) is 0 Å². The van der Waals surface area contributed by atoms with E-state index in [0.717, 1.165) is 56.8 Å². The third kappa shape index (κ3) is 3.18. The van der Waals surface area contributed by atoms with Crippen LogP contribution >= 0.6 is 0 Å². The van der Waals surface area contributed by atoms with Gasteiger partial charge in [0.1, 0.15) is 0 Å². The maximum absolute atomic E-state index is 12.5. The summed E-state index contributed by atoms with van der Waals surface area (Å²) in [4.78, 5) is 17.0. The summed E-state index contributed by atoms with van der Waals surface area (Å²) in [5.74, 6) is 0.169. The van der Waals surface area contributed by atoms with Crippen molar-refractivity contribution in [3.63, 3.8) is 0 Å². The number of rotatable bonds is 4. The topological polar surface area (TPSA) is 32.8 Å². The van der Waals surface area contributed by atoms with Crippen LogP contribution < -0.4 is 0 Å². The van der Waals surface area contributed by atoms with Gasteiger partial charge in [0.25, 0.3) is 5.91 Å². The average molecular weight is 302 g/mol. The molecule has 2 aliphatic rings. The van der Waals surface area contributed by atoms with Gasteiger partial charge in [0.15, 0.2) is 0 Å². The number of likely N-dealkylation sites (N-methyl/N-ethyl adjacent to an activating group) is 1. The van der Waals surface area contributed by atoms with E-state index in [9.17, 15) is 4.79 Å². The van der Waals surface area contributed by atoms with Crippen molar-refractivity contribution in [1.82, 2.24) is 9.80 Å². The Kier molecular flexibility index (Phi) is 4.79. The summed E-state index contributed by atoms with van der Waals surface area (Å²) in [6, 6.07) is 9.02. The first-order chi connectivity index (χ1) is 10.7. The maximum atomic E-state index is 12.5. The van der Waals surface area contributed by atoms with Gasteiger partial charge in [-0.25, -0.2) is 0 Å². The van der Waals surface area contributed by atoms with Crippen molar-refractivity contribution in [2.45, 2.75) is 38.8 Å². The van der Waals surface area contributed by atoms with Crippen LogP contribution in [-0.2, 0) is 4.74 Å². The largest absolute Gasteiger partial charge is 0.381 e. The minimum atomic E-state index is 0.169. The molecule has 4 nitrogen and oxygen atoms in total. The molecule has 3 rings (SSSR count). The number of nitrogens with zero attached hydrogens (tertiary/aromatic N) is 2. The normalized spacial score (nSPS) is 20.2. The van der Waals surface area contributed by atoms with Gasteiger partial charge in [-0.2, -0.15) is 0 Å². The van der Waals surface area contributed by atoms with E-state index in [2.05, 4.69) is 11.8 Å². The number of ether oxygens (including phenoxy) is 1. The summed E-state index contributed by atoms with van der Waals surface area (Å²) in [6.07, 6.45) is 2.24. The molecule has 1 amide bonds. The lowest BCUT2D eigenvalue weighted by Crippen LogP contribution is -2.63. The molecule has 0 aliphatic carbocycles. The molecule has 2 fully saturated rings. The molecule has 0 N–H and O–H groups in total. The lowest BCUT2D eigenvalue weighted by molar-refractivity contribution is -0.0222. The average Bonchev–Trinajstić information content (AvgIpc) is 2.50. The molecule has 2 heterocycles. The fourth-order valence-corrected chi connectivity index (χ4v) is 3.62. The molecule has 0 saturated carbocycles. The minimum absolute atomic E-state index is 0.169. The van der Waals surface area contributed by atoms with Gasteiger partial charge in [0.2, 0.25) is 0 Å². The van der Waals surface area contributed by atoms with Crippen molar-refractivity contribution in [2.75, 3.05) is 32.8 Å². The molecule has 120 valence electrons. The Morgan fingerprint density at radius 3 is 2.64 bits per heavy atom. The number of aryl methyl sites for hydroxylation is 1. The quantitative estimate of drug-likeness (QED) is 0.856. The van der Waals surface area contributed by atoms with Crippen LogP contribution in [-0.4, -0.2) is 60.6 Å². The number of carbonyl (C=O) groups is 1. The lowest BCUT2D eigenvalue weighted by Gasteiger charge is -2.48. The van der Waals surface area contributed by atoms with Crippen molar-refractivity contribution in [2.24, 2.45) is 0 Å². The third-order valence-electron chi connectivity index (χ3n) is 4.91. The van der Waals surface area contributed by atoms with Crippen LogP contribution in [0.5, 0.6) is 0 Å². The zero-order valence-electron chi connectivity index (χ0n) is 13.6. The van der Waals surface area contributed by atoms with E-state index in [0.29, 0.717) is 12.1 Å². The zero-order chi connectivity index (χ0) is 15.5. The molecule has 0 spiro atoms. The Hall–Kier alpha value is -1.39. The molecule has 22 heavy (non-hydrogen) atoms. The molecule has 2 saturated heterocycles. The maximum Gasteiger partial charge on any atom is 0.253 e. The Bertz CT molecular complexity index is 520. The van der Waals surface area contributed by atoms with E-state index < -0.39 is 0 Å². The molecular weight excluding hydrogens is 276 g/mol. The number of carbonyl (C=O) groups excluding carboxylic acids is 1. The molecule has 0 bridgehead atoms. The van der Waals surface area contributed by atoms with Crippen molar-refractivity contribution in [3.05, 3.63) is 35.4 Å². The summed E-state index contributed by atoms with van der Waals surface area (Å²) in [6.45, 7) is 8.78. The minimum Gasteiger partial charge on any atom is -0.381 e. The second-order valence-electron chi connectivity index (χ2n) is 6.41. The van der Waals surface area contributed by atoms with Crippen LogP contribution in [0.1, 0.15) is 35.7 Å². The Labute approximate surface area is 133 Å². The smallest absolute Gasteiger partial charge is 0.253 e. The van der Waals surface area contributed by atoms with Crippen LogP contribution in [0.15, 0.2) is 24.3 Å². The molecule has 1 aromatic carbocycles. The fourth-order valence-electron chi connectivity index (χ4n) is 3.62. The van der Waals surface area contributed by atoms with E-state index in [1.165, 1.54) is 0 Å². The highest BCUT2D eigenvalue weighted by Crippen LogP contribution is 2.24. The lowest BCUT2D eigenvalue weighted by atomic mass is 9.99. The second-order valence-corrected chi connectivity index (χ2v) is 6.41. The molecule has 0 aromatic heterocycles.